The second kappa shape index (κ2) is 6.17. The predicted molar refractivity (Wildman–Crippen MR) is 76.7 cm³/mol. The largest absolute Gasteiger partial charge is 0.444 e. The smallest absolute Gasteiger partial charge is 0.418 e. The number of hydrogen-bond acceptors (Lipinski definition) is 4. The Morgan fingerprint density at radius 3 is 2.26 bits per heavy atom. The number of halogens is 3. The molecule has 0 bridgehead atoms. The van der Waals surface area contributed by atoms with Gasteiger partial charge in [0.2, 0.25) is 0 Å². The molecule has 128 valence electrons. The Bertz CT molecular complexity index is 596. The standard InChI is InChI=1S/C15H19F3N2O3/c1-13(2,3)23-12(22)20(5)14(4,9-21)11-10(15(16,17)18)7-6-8-19-11/h6-9H,1-5H3. The second-order valence-corrected chi connectivity index (χ2v) is 6.20. The molecule has 0 fully saturated rings. The zero-order valence-corrected chi connectivity index (χ0v) is 13.6. The normalized spacial score (nSPS) is 14.8. The van der Waals surface area contributed by atoms with Crippen molar-refractivity contribution in [2.24, 2.45) is 0 Å². The van der Waals surface area contributed by atoms with Gasteiger partial charge in [-0.25, -0.2) is 4.79 Å². The highest BCUT2D eigenvalue weighted by molar-refractivity contribution is 5.77. The number of aromatic nitrogens is 1. The van der Waals surface area contributed by atoms with E-state index in [1.165, 1.54) is 14.0 Å². The van der Waals surface area contributed by atoms with Gasteiger partial charge in [-0.15, -0.1) is 0 Å². The number of rotatable bonds is 3. The molecule has 1 rings (SSSR count). The Morgan fingerprint density at radius 2 is 1.83 bits per heavy atom. The molecule has 23 heavy (non-hydrogen) atoms. The lowest BCUT2D eigenvalue weighted by molar-refractivity contribution is -0.140. The van der Waals surface area contributed by atoms with Crippen LogP contribution in [0.15, 0.2) is 18.3 Å². The first-order valence-electron chi connectivity index (χ1n) is 6.79. The molecule has 0 aliphatic heterocycles. The lowest BCUT2D eigenvalue weighted by Crippen LogP contribution is -2.49. The SMILES string of the molecule is CN(C(=O)OC(C)(C)C)C(C)(C=O)c1ncccc1C(F)(F)F. The van der Waals surface area contributed by atoms with Crippen LogP contribution < -0.4 is 0 Å². The van der Waals surface area contributed by atoms with E-state index in [0.29, 0.717) is 0 Å². The number of nitrogens with zero attached hydrogens (tertiary/aromatic N) is 2. The van der Waals surface area contributed by atoms with Gasteiger partial charge in [0.25, 0.3) is 0 Å². The molecule has 5 nitrogen and oxygen atoms in total. The third-order valence-corrected chi connectivity index (χ3v) is 3.19. The summed E-state index contributed by atoms with van der Waals surface area (Å²) in [6.07, 6.45) is -4.25. The molecular weight excluding hydrogens is 313 g/mol. The van der Waals surface area contributed by atoms with Gasteiger partial charge in [-0.3, -0.25) is 9.88 Å². The monoisotopic (exact) mass is 332 g/mol. The van der Waals surface area contributed by atoms with E-state index in [2.05, 4.69) is 4.98 Å². The quantitative estimate of drug-likeness (QED) is 0.796. The summed E-state index contributed by atoms with van der Waals surface area (Å²) in [5.41, 5.74) is -4.42. The first-order chi connectivity index (χ1) is 10.3. The van der Waals surface area contributed by atoms with Crippen molar-refractivity contribution in [2.75, 3.05) is 7.05 Å². The van der Waals surface area contributed by atoms with Crippen LogP contribution in [0.25, 0.3) is 0 Å². The molecule has 0 aliphatic carbocycles. The van der Waals surface area contributed by atoms with Crippen LogP contribution in [0.1, 0.15) is 39.0 Å². The number of aldehydes is 1. The highest BCUT2D eigenvalue weighted by Crippen LogP contribution is 2.37. The molecule has 1 atom stereocenters. The average Bonchev–Trinajstić information content (AvgIpc) is 2.43. The number of pyridine rings is 1. The molecule has 0 radical (unpaired) electrons. The van der Waals surface area contributed by atoms with Gasteiger partial charge in [0.05, 0.1) is 11.3 Å². The molecule has 1 amide bonds. The van der Waals surface area contributed by atoms with Gasteiger partial charge in [-0.05, 0) is 39.8 Å². The summed E-state index contributed by atoms with van der Waals surface area (Å²) in [7, 11) is 1.19. The summed E-state index contributed by atoms with van der Waals surface area (Å²) in [5.74, 6) is 0. The lowest BCUT2D eigenvalue weighted by Gasteiger charge is -2.36. The zero-order valence-electron chi connectivity index (χ0n) is 13.6. The molecule has 1 aromatic rings. The van der Waals surface area contributed by atoms with Crippen molar-refractivity contribution in [2.45, 2.75) is 45.0 Å². The van der Waals surface area contributed by atoms with Gasteiger partial charge in [0, 0.05) is 13.2 Å². The van der Waals surface area contributed by atoms with E-state index in [-0.39, 0.29) is 6.29 Å². The maximum Gasteiger partial charge on any atom is 0.418 e. The van der Waals surface area contributed by atoms with Crippen molar-refractivity contribution in [1.82, 2.24) is 9.88 Å². The van der Waals surface area contributed by atoms with Crippen LogP contribution in [0.5, 0.6) is 0 Å². The van der Waals surface area contributed by atoms with E-state index in [0.717, 1.165) is 23.2 Å². The fraction of sp³-hybridized carbons (Fsp3) is 0.533. The molecule has 0 saturated heterocycles. The van der Waals surface area contributed by atoms with E-state index in [1.807, 2.05) is 0 Å². The highest BCUT2D eigenvalue weighted by Gasteiger charge is 2.45. The van der Waals surface area contributed by atoms with Crippen LogP contribution in [0.3, 0.4) is 0 Å². The second-order valence-electron chi connectivity index (χ2n) is 6.20. The Hall–Kier alpha value is -2.12. The van der Waals surface area contributed by atoms with Crippen molar-refractivity contribution in [1.29, 1.82) is 0 Å². The molecule has 0 aromatic carbocycles. The summed E-state index contributed by atoms with van der Waals surface area (Å²) >= 11 is 0. The minimum Gasteiger partial charge on any atom is -0.444 e. The van der Waals surface area contributed by atoms with E-state index in [1.54, 1.807) is 20.8 Å². The first kappa shape index (κ1) is 18.9. The van der Waals surface area contributed by atoms with Crippen molar-refractivity contribution < 1.29 is 27.5 Å². The van der Waals surface area contributed by atoms with Gasteiger partial charge < -0.3 is 9.53 Å². The van der Waals surface area contributed by atoms with Crippen molar-refractivity contribution in [3.63, 3.8) is 0 Å². The molecule has 0 saturated carbocycles. The first-order valence-corrected chi connectivity index (χ1v) is 6.79. The number of carbonyl (C=O) groups is 2. The van der Waals surface area contributed by atoms with E-state index in [9.17, 15) is 22.8 Å². The molecule has 1 unspecified atom stereocenters. The van der Waals surface area contributed by atoms with E-state index < -0.39 is 34.7 Å². The topological polar surface area (TPSA) is 59.5 Å². The van der Waals surface area contributed by atoms with Crippen LogP contribution in [-0.2, 0) is 21.2 Å². The van der Waals surface area contributed by atoms with Gasteiger partial charge in [-0.1, -0.05) is 0 Å². The lowest BCUT2D eigenvalue weighted by atomic mass is 9.93. The summed E-state index contributed by atoms with van der Waals surface area (Å²) in [4.78, 5) is 28.2. The fourth-order valence-electron chi connectivity index (χ4n) is 1.85. The third-order valence-electron chi connectivity index (χ3n) is 3.19. The molecule has 1 heterocycles. The molecule has 1 aromatic heterocycles. The van der Waals surface area contributed by atoms with Crippen LogP contribution >= 0.6 is 0 Å². The van der Waals surface area contributed by atoms with Crippen LogP contribution in [0, 0.1) is 0 Å². The Kier molecular flexibility index (Phi) is 5.08. The third kappa shape index (κ3) is 4.20. The van der Waals surface area contributed by atoms with Crippen molar-refractivity contribution in [3.05, 3.63) is 29.6 Å². The Morgan fingerprint density at radius 1 is 1.26 bits per heavy atom. The van der Waals surface area contributed by atoms with Crippen molar-refractivity contribution >= 4 is 12.4 Å². The van der Waals surface area contributed by atoms with Gasteiger partial charge in [0.15, 0.2) is 6.29 Å². The Balaban J connectivity index is 3.36. The maximum absolute atomic E-state index is 13.2. The summed E-state index contributed by atoms with van der Waals surface area (Å²) in [6, 6.07) is 1.93. The number of likely N-dealkylation sites (N-methyl/N-ethyl adjacent to an activating group) is 1. The van der Waals surface area contributed by atoms with Gasteiger partial charge in [-0.2, -0.15) is 13.2 Å². The fourth-order valence-corrected chi connectivity index (χ4v) is 1.85. The minimum absolute atomic E-state index is 0.245. The molecule has 0 N–H and O–H groups in total. The predicted octanol–water partition coefficient (Wildman–Crippen LogP) is 3.38. The highest BCUT2D eigenvalue weighted by atomic mass is 19.4. The summed E-state index contributed by atoms with van der Waals surface area (Å²) < 4.78 is 44.6. The average molecular weight is 332 g/mol. The summed E-state index contributed by atoms with van der Waals surface area (Å²) in [6.45, 7) is 6.01. The molecular formula is C15H19F3N2O3. The molecule has 0 spiro atoms. The van der Waals surface area contributed by atoms with Crippen molar-refractivity contribution in [3.8, 4) is 0 Å². The number of ether oxygens (including phenoxy) is 1. The number of amides is 1. The van der Waals surface area contributed by atoms with Crippen LogP contribution in [-0.4, -0.2) is 34.9 Å². The molecule has 0 aliphatic rings. The van der Waals surface area contributed by atoms with Crippen LogP contribution in [0.2, 0.25) is 0 Å². The number of hydrogen-bond donors (Lipinski definition) is 0. The summed E-state index contributed by atoms with van der Waals surface area (Å²) in [5, 5.41) is 0. The number of alkyl halides is 3. The zero-order chi connectivity index (χ0) is 18.1. The van der Waals surface area contributed by atoms with E-state index in [4.69, 9.17) is 4.74 Å². The van der Waals surface area contributed by atoms with E-state index >= 15 is 0 Å². The minimum atomic E-state index is -4.71. The molecule has 8 heteroatoms. The van der Waals surface area contributed by atoms with Gasteiger partial charge >= 0.3 is 12.3 Å². The Labute approximate surface area is 132 Å². The number of carbonyl (C=O) groups excluding carboxylic acids is 2. The van der Waals surface area contributed by atoms with Crippen LogP contribution in [0.4, 0.5) is 18.0 Å². The maximum atomic E-state index is 13.2. The van der Waals surface area contributed by atoms with Gasteiger partial charge in [0.1, 0.15) is 11.1 Å².